The van der Waals surface area contributed by atoms with Crippen LogP contribution in [0.5, 0.6) is 0 Å². The summed E-state index contributed by atoms with van der Waals surface area (Å²) in [5, 5.41) is 2.79. The Bertz CT molecular complexity index is 373. The minimum atomic E-state index is -0.331. The van der Waals surface area contributed by atoms with Crippen molar-refractivity contribution in [1.29, 1.82) is 0 Å². The zero-order valence-electron chi connectivity index (χ0n) is 9.89. The summed E-state index contributed by atoms with van der Waals surface area (Å²) in [5.74, 6) is 1.22. The summed E-state index contributed by atoms with van der Waals surface area (Å²) in [6, 6.07) is 0. The SMILES string of the molecule is CNc1nc(C2CCCCC2)nc(C)c1F. The molecule has 0 amide bonds. The molecule has 0 aromatic carbocycles. The van der Waals surface area contributed by atoms with Gasteiger partial charge in [0, 0.05) is 13.0 Å². The lowest BCUT2D eigenvalue weighted by molar-refractivity contribution is 0.426. The number of hydrogen-bond acceptors (Lipinski definition) is 3. The molecule has 1 aromatic heterocycles. The van der Waals surface area contributed by atoms with E-state index in [0.717, 1.165) is 18.7 Å². The van der Waals surface area contributed by atoms with Crippen LogP contribution in [0.1, 0.15) is 49.5 Å². The molecule has 0 aliphatic heterocycles. The number of aromatic nitrogens is 2. The summed E-state index contributed by atoms with van der Waals surface area (Å²) in [4.78, 5) is 8.56. The largest absolute Gasteiger partial charge is 0.371 e. The average Bonchev–Trinajstić information content (AvgIpc) is 2.33. The van der Waals surface area contributed by atoms with E-state index in [1.807, 2.05) is 0 Å². The zero-order chi connectivity index (χ0) is 11.5. The molecule has 16 heavy (non-hydrogen) atoms. The van der Waals surface area contributed by atoms with Gasteiger partial charge in [-0.1, -0.05) is 19.3 Å². The van der Waals surface area contributed by atoms with Gasteiger partial charge < -0.3 is 5.32 Å². The molecule has 1 aromatic rings. The van der Waals surface area contributed by atoms with Crippen molar-refractivity contribution >= 4 is 5.82 Å². The maximum atomic E-state index is 13.6. The normalized spacial score (nSPS) is 17.4. The van der Waals surface area contributed by atoms with Crippen LogP contribution < -0.4 is 5.32 Å². The molecule has 0 radical (unpaired) electrons. The van der Waals surface area contributed by atoms with Crippen LogP contribution in [0.2, 0.25) is 0 Å². The molecule has 4 heteroatoms. The lowest BCUT2D eigenvalue weighted by Gasteiger charge is -2.21. The fourth-order valence-electron chi connectivity index (χ4n) is 2.29. The van der Waals surface area contributed by atoms with Crippen molar-refractivity contribution < 1.29 is 4.39 Å². The third kappa shape index (κ3) is 2.15. The first-order valence-electron chi connectivity index (χ1n) is 5.94. The Balaban J connectivity index is 2.29. The summed E-state index contributed by atoms with van der Waals surface area (Å²) >= 11 is 0. The number of rotatable bonds is 2. The summed E-state index contributed by atoms with van der Waals surface area (Å²) in [7, 11) is 1.69. The molecule has 0 bridgehead atoms. The van der Waals surface area contributed by atoms with E-state index in [-0.39, 0.29) is 5.82 Å². The fraction of sp³-hybridized carbons (Fsp3) is 0.667. The Hall–Kier alpha value is -1.19. The van der Waals surface area contributed by atoms with Crippen molar-refractivity contribution in [1.82, 2.24) is 9.97 Å². The molecule has 1 aliphatic rings. The lowest BCUT2D eigenvalue weighted by atomic mass is 9.88. The molecule has 88 valence electrons. The van der Waals surface area contributed by atoms with Crippen LogP contribution in [-0.2, 0) is 0 Å². The van der Waals surface area contributed by atoms with Crippen molar-refractivity contribution in [3.63, 3.8) is 0 Å². The van der Waals surface area contributed by atoms with Gasteiger partial charge in [-0.05, 0) is 19.8 Å². The van der Waals surface area contributed by atoms with Crippen LogP contribution >= 0.6 is 0 Å². The van der Waals surface area contributed by atoms with Crippen molar-refractivity contribution in [2.24, 2.45) is 0 Å². The van der Waals surface area contributed by atoms with Gasteiger partial charge in [-0.25, -0.2) is 14.4 Å². The summed E-state index contributed by atoms with van der Waals surface area (Å²) in [5.41, 5.74) is 0.444. The van der Waals surface area contributed by atoms with E-state index in [1.54, 1.807) is 14.0 Å². The highest BCUT2D eigenvalue weighted by atomic mass is 19.1. The molecule has 1 saturated carbocycles. The van der Waals surface area contributed by atoms with Crippen LogP contribution in [0.3, 0.4) is 0 Å². The van der Waals surface area contributed by atoms with Crippen molar-refractivity contribution in [3.05, 3.63) is 17.3 Å². The first kappa shape index (κ1) is 11.3. The second-order valence-corrected chi connectivity index (χ2v) is 4.41. The fourth-order valence-corrected chi connectivity index (χ4v) is 2.29. The monoisotopic (exact) mass is 223 g/mol. The Labute approximate surface area is 95.5 Å². The Morgan fingerprint density at radius 1 is 1.19 bits per heavy atom. The highest BCUT2D eigenvalue weighted by Gasteiger charge is 2.20. The van der Waals surface area contributed by atoms with E-state index in [4.69, 9.17) is 0 Å². The summed E-state index contributed by atoms with van der Waals surface area (Å²) < 4.78 is 13.6. The molecule has 1 fully saturated rings. The Morgan fingerprint density at radius 2 is 1.88 bits per heavy atom. The van der Waals surface area contributed by atoms with Crippen molar-refractivity contribution in [2.75, 3.05) is 12.4 Å². The molecule has 2 rings (SSSR count). The predicted molar refractivity (Wildman–Crippen MR) is 62.1 cm³/mol. The quantitative estimate of drug-likeness (QED) is 0.837. The second kappa shape index (κ2) is 4.76. The van der Waals surface area contributed by atoms with Crippen molar-refractivity contribution in [3.8, 4) is 0 Å². The van der Waals surface area contributed by atoms with Gasteiger partial charge in [0.15, 0.2) is 11.6 Å². The van der Waals surface area contributed by atoms with E-state index in [9.17, 15) is 4.39 Å². The number of nitrogens with zero attached hydrogens (tertiary/aromatic N) is 2. The third-order valence-electron chi connectivity index (χ3n) is 3.24. The molecule has 0 saturated heterocycles. The van der Waals surface area contributed by atoms with E-state index < -0.39 is 0 Å². The zero-order valence-corrected chi connectivity index (χ0v) is 9.89. The Morgan fingerprint density at radius 3 is 2.50 bits per heavy atom. The van der Waals surface area contributed by atoms with Gasteiger partial charge in [-0.3, -0.25) is 0 Å². The molecular weight excluding hydrogens is 205 g/mol. The van der Waals surface area contributed by atoms with E-state index in [1.165, 1.54) is 19.3 Å². The van der Waals surface area contributed by atoms with Crippen LogP contribution in [0.15, 0.2) is 0 Å². The van der Waals surface area contributed by atoms with Crippen LogP contribution in [0.4, 0.5) is 10.2 Å². The van der Waals surface area contributed by atoms with Gasteiger partial charge >= 0.3 is 0 Å². The third-order valence-corrected chi connectivity index (χ3v) is 3.24. The average molecular weight is 223 g/mol. The molecule has 0 atom stereocenters. The second-order valence-electron chi connectivity index (χ2n) is 4.41. The lowest BCUT2D eigenvalue weighted by Crippen LogP contribution is -2.12. The Kier molecular flexibility index (Phi) is 3.36. The predicted octanol–water partition coefficient (Wildman–Crippen LogP) is 3.01. The molecule has 1 N–H and O–H groups in total. The van der Waals surface area contributed by atoms with Crippen molar-refractivity contribution in [2.45, 2.75) is 44.9 Å². The molecule has 0 unspecified atom stereocenters. The highest BCUT2D eigenvalue weighted by Crippen LogP contribution is 2.31. The van der Waals surface area contributed by atoms with Crippen LogP contribution in [0, 0.1) is 12.7 Å². The maximum Gasteiger partial charge on any atom is 0.186 e. The van der Waals surface area contributed by atoms with E-state index in [0.29, 0.717) is 17.4 Å². The topological polar surface area (TPSA) is 37.8 Å². The summed E-state index contributed by atoms with van der Waals surface area (Å²) in [6.07, 6.45) is 6.04. The van der Waals surface area contributed by atoms with E-state index >= 15 is 0 Å². The van der Waals surface area contributed by atoms with Crippen LogP contribution in [0.25, 0.3) is 0 Å². The van der Waals surface area contributed by atoms with Gasteiger partial charge in [-0.15, -0.1) is 0 Å². The number of aryl methyl sites for hydroxylation is 1. The first-order valence-corrected chi connectivity index (χ1v) is 5.94. The number of halogens is 1. The van der Waals surface area contributed by atoms with Gasteiger partial charge in [0.1, 0.15) is 5.82 Å². The summed E-state index contributed by atoms with van der Waals surface area (Å²) in [6.45, 7) is 1.70. The first-order chi connectivity index (χ1) is 7.72. The molecule has 1 heterocycles. The smallest absolute Gasteiger partial charge is 0.186 e. The number of hydrogen-bond donors (Lipinski definition) is 1. The van der Waals surface area contributed by atoms with Gasteiger partial charge in [0.2, 0.25) is 0 Å². The van der Waals surface area contributed by atoms with E-state index in [2.05, 4.69) is 15.3 Å². The standard InChI is InChI=1S/C12H18FN3/c1-8-10(13)12(14-2)16-11(15-8)9-6-4-3-5-7-9/h9H,3-7H2,1-2H3,(H,14,15,16). The molecule has 3 nitrogen and oxygen atoms in total. The van der Waals surface area contributed by atoms with Gasteiger partial charge in [-0.2, -0.15) is 0 Å². The minimum absolute atomic E-state index is 0.327. The number of nitrogens with one attached hydrogen (secondary N) is 1. The van der Waals surface area contributed by atoms with Crippen LogP contribution in [-0.4, -0.2) is 17.0 Å². The highest BCUT2D eigenvalue weighted by molar-refractivity contribution is 5.37. The minimum Gasteiger partial charge on any atom is -0.371 e. The molecule has 0 spiro atoms. The van der Waals surface area contributed by atoms with Gasteiger partial charge in [0.25, 0.3) is 0 Å². The van der Waals surface area contributed by atoms with Gasteiger partial charge in [0.05, 0.1) is 5.69 Å². The maximum absolute atomic E-state index is 13.6. The molecular formula is C12H18FN3. The number of anilines is 1. The molecule has 1 aliphatic carbocycles.